The highest BCUT2D eigenvalue weighted by molar-refractivity contribution is 5.85. The number of carbonyl (C=O) groups is 2. The Morgan fingerprint density at radius 2 is 1.83 bits per heavy atom. The van der Waals surface area contributed by atoms with Crippen LogP contribution in [0.2, 0.25) is 0 Å². The molecule has 1 aliphatic heterocycles. The molecule has 1 fully saturated rings. The second-order valence-electron chi connectivity index (χ2n) is 4.80. The van der Waals surface area contributed by atoms with E-state index in [2.05, 4.69) is 0 Å². The lowest BCUT2D eigenvalue weighted by molar-refractivity contribution is -0.176. The van der Waals surface area contributed by atoms with Crippen LogP contribution in [0.3, 0.4) is 0 Å². The van der Waals surface area contributed by atoms with Crippen molar-refractivity contribution in [2.24, 2.45) is 5.92 Å². The second kappa shape index (κ2) is 5.64. The molecule has 4 N–H and O–H groups in total. The van der Waals surface area contributed by atoms with Gasteiger partial charge in [-0.15, -0.1) is 0 Å². The molecule has 0 aromatic rings. The smallest absolute Gasteiger partial charge is 0.337 e. The first-order valence-corrected chi connectivity index (χ1v) is 5.86. The number of β-amino-alcohol motifs (C(OH)–C–C–N with tert-alkyl or cyclic N) is 1. The van der Waals surface area contributed by atoms with Crippen LogP contribution in [0.5, 0.6) is 0 Å². The summed E-state index contributed by atoms with van der Waals surface area (Å²) in [4.78, 5) is 23.6. The molecule has 0 bridgehead atoms. The Hall–Kier alpha value is -1.18. The van der Waals surface area contributed by atoms with E-state index in [4.69, 9.17) is 10.2 Å². The molecule has 7 nitrogen and oxygen atoms in total. The summed E-state index contributed by atoms with van der Waals surface area (Å²) < 4.78 is 0. The van der Waals surface area contributed by atoms with E-state index in [1.807, 2.05) is 0 Å². The zero-order chi connectivity index (χ0) is 13.9. The van der Waals surface area contributed by atoms with E-state index in [-0.39, 0.29) is 6.54 Å². The van der Waals surface area contributed by atoms with Crippen LogP contribution in [0.1, 0.15) is 19.8 Å². The summed E-state index contributed by atoms with van der Waals surface area (Å²) >= 11 is 0. The predicted molar refractivity (Wildman–Crippen MR) is 61.1 cm³/mol. The fourth-order valence-corrected chi connectivity index (χ4v) is 2.01. The van der Waals surface area contributed by atoms with Crippen LogP contribution in [0.15, 0.2) is 0 Å². The average molecular weight is 261 g/mol. The summed E-state index contributed by atoms with van der Waals surface area (Å²) in [6, 6.07) is 0. The number of carboxylic acid groups (broad SMARTS) is 2. The minimum Gasteiger partial charge on any atom is -0.481 e. The first-order valence-electron chi connectivity index (χ1n) is 5.86. The van der Waals surface area contributed by atoms with Crippen molar-refractivity contribution in [2.75, 3.05) is 19.6 Å². The summed E-state index contributed by atoms with van der Waals surface area (Å²) in [6.07, 6.45) is 0.588. The third kappa shape index (κ3) is 3.18. The quantitative estimate of drug-likeness (QED) is 0.500. The summed E-state index contributed by atoms with van der Waals surface area (Å²) in [6.45, 7) is 1.82. The number of nitrogens with zero attached hydrogens (tertiary/aromatic N) is 1. The number of rotatable bonds is 5. The lowest BCUT2D eigenvalue weighted by atomic mass is 9.87. The van der Waals surface area contributed by atoms with Crippen molar-refractivity contribution >= 4 is 11.9 Å². The van der Waals surface area contributed by atoms with Gasteiger partial charge < -0.3 is 20.4 Å². The summed E-state index contributed by atoms with van der Waals surface area (Å²) in [5.74, 6) is -4.29. The van der Waals surface area contributed by atoms with Gasteiger partial charge in [-0.2, -0.15) is 0 Å². The molecule has 0 saturated carbocycles. The standard InChI is InChI=1S/C11H19NO6/c1-7(9(14)15)11(18,10(16)17)6-12-4-2-8(13)3-5-12/h7-8,13,18H,2-6H2,1H3,(H,14,15)(H,16,17). The van der Waals surface area contributed by atoms with Crippen LogP contribution in [0.4, 0.5) is 0 Å². The molecule has 1 aliphatic rings. The Balaban J connectivity index is 2.74. The van der Waals surface area contributed by atoms with Crippen LogP contribution in [-0.4, -0.2) is 68.6 Å². The van der Waals surface area contributed by atoms with Crippen LogP contribution >= 0.6 is 0 Å². The molecular formula is C11H19NO6. The number of hydrogen-bond donors (Lipinski definition) is 4. The Morgan fingerprint density at radius 3 is 2.22 bits per heavy atom. The first kappa shape index (κ1) is 14.9. The van der Waals surface area contributed by atoms with Gasteiger partial charge in [0.05, 0.1) is 12.0 Å². The number of hydrogen-bond acceptors (Lipinski definition) is 5. The molecule has 0 radical (unpaired) electrons. The Kier molecular flexibility index (Phi) is 4.66. The lowest BCUT2D eigenvalue weighted by Gasteiger charge is -2.36. The van der Waals surface area contributed by atoms with Crippen molar-refractivity contribution in [3.05, 3.63) is 0 Å². The molecule has 1 rings (SSSR count). The minimum atomic E-state index is -2.31. The molecule has 0 aromatic heterocycles. The second-order valence-corrected chi connectivity index (χ2v) is 4.80. The van der Waals surface area contributed by atoms with Crippen molar-refractivity contribution in [2.45, 2.75) is 31.5 Å². The van der Waals surface area contributed by atoms with Crippen LogP contribution < -0.4 is 0 Å². The molecule has 104 valence electrons. The van der Waals surface area contributed by atoms with E-state index in [1.165, 1.54) is 6.92 Å². The molecule has 2 unspecified atom stereocenters. The first-order chi connectivity index (χ1) is 8.27. The number of aliphatic hydroxyl groups is 2. The number of likely N-dealkylation sites (tertiary alicyclic amines) is 1. The largest absolute Gasteiger partial charge is 0.481 e. The zero-order valence-corrected chi connectivity index (χ0v) is 10.2. The molecule has 0 spiro atoms. The molecule has 0 amide bonds. The molecule has 0 aromatic carbocycles. The van der Waals surface area contributed by atoms with Gasteiger partial charge in [0.2, 0.25) is 0 Å². The Bertz CT molecular complexity index is 325. The number of aliphatic hydroxyl groups excluding tert-OH is 1. The van der Waals surface area contributed by atoms with E-state index >= 15 is 0 Å². The topological polar surface area (TPSA) is 118 Å². The maximum absolute atomic E-state index is 11.1. The molecule has 1 saturated heterocycles. The predicted octanol–water partition coefficient (Wildman–Crippen LogP) is -1.02. The summed E-state index contributed by atoms with van der Waals surface area (Å²) in [5, 5.41) is 37.3. The van der Waals surface area contributed by atoms with E-state index in [1.54, 1.807) is 4.90 Å². The number of piperidine rings is 1. The highest BCUT2D eigenvalue weighted by atomic mass is 16.4. The van der Waals surface area contributed by atoms with Crippen LogP contribution in [0, 0.1) is 5.92 Å². The monoisotopic (exact) mass is 261 g/mol. The molecule has 7 heteroatoms. The van der Waals surface area contributed by atoms with E-state index in [9.17, 15) is 19.8 Å². The van der Waals surface area contributed by atoms with Gasteiger partial charge in [-0.1, -0.05) is 0 Å². The fourth-order valence-electron chi connectivity index (χ4n) is 2.01. The normalized spacial score (nSPS) is 23.3. The van der Waals surface area contributed by atoms with Gasteiger partial charge >= 0.3 is 11.9 Å². The number of aliphatic carboxylic acids is 2. The zero-order valence-electron chi connectivity index (χ0n) is 10.2. The summed E-state index contributed by atoms with van der Waals surface area (Å²) in [5.41, 5.74) is -2.31. The molecular weight excluding hydrogens is 242 g/mol. The summed E-state index contributed by atoms with van der Waals surface area (Å²) in [7, 11) is 0. The van der Waals surface area contributed by atoms with Gasteiger partial charge in [-0.05, 0) is 19.8 Å². The highest BCUT2D eigenvalue weighted by Gasteiger charge is 2.47. The van der Waals surface area contributed by atoms with Crippen molar-refractivity contribution in [3.8, 4) is 0 Å². The Morgan fingerprint density at radius 1 is 1.33 bits per heavy atom. The van der Waals surface area contributed by atoms with E-state index in [0.717, 1.165) is 0 Å². The van der Waals surface area contributed by atoms with Crippen LogP contribution in [0.25, 0.3) is 0 Å². The Labute approximate surface area is 105 Å². The van der Waals surface area contributed by atoms with Gasteiger partial charge in [-0.3, -0.25) is 9.69 Å². The van der Waals surface area contributed by atoms with Gasteiger partial charge in [0, 0.05) is 19.6 Å². The minimum absolute atomic E-state index is 0.248. The SMILES string of the molecule is CC(C(=O)O)C(O)(CN1CCC(O)CC1)C(=O)O. The third-order valence-corrected chi connectivity index (χ3v) is 3.48. The van der Waals surface area contributed by atoms with E-state index in [0.29, 0.717) is 25.9 Å². The van der Waals surface area contributed by atoms with Crippen molar-refractivity contribution < 1.29 is 30.0 Å². The molecule has 2 atom stereocenters. The average Bonchev–Trinajstić information content (AvgIpc) is 2.30. The molecule has 1 heterocycles. The fraction of sp³-hybridized carbons (Fsp3) is 0.818. The highest BCUT2D eigenvalue weighted by Crippen LogP contribution is 2.22. The third-order valence-electron chi connectivity index (χ3n) is 3.48. The van der Waals surface area contributed by atoms with Gasteiger partial charge in [0.25, 0.3) is 0 Å². The van der Waals surface area contributed by atoms with Crippen molar-refractivity contribution in [3.63, 3.8) is 0 Å². The van der Waals surface area contributed by atoms with Crippen molar-refractivity contribution in [1.82, 2.24) is 4.90 Å². The maximum atomic E-state index is 11.1. The van der Waals surface area contributed by atoms with Gasteiger partial charge in [0.15, 0.2) is 5.60 Å². The van der Waals surface area contributed by atoms with Gasteiger partial charge in [-0.25, -0.2) is 4.79 Å². The maximum Gasteiger partial charge on any atom is 0.337 e. The van der Waals surface area contributed by atoms with Gasteiger partial charge in [0.1, 0.15) is 0 Å². The molecule has 18 heavy (non-hydrogen) atoms. The lowest BCUT2D eigenvalue weighted by Crippen LogP contribution is -2.56. The van der Waals surface area contributed by atoms with Crippen molar-refractivity contribution in [1.29, 1.82) is 0 Å². The van der Waals surface area contributed by atoms with Crippen LogP contribution in [-0.2, 0) is 9.59 Å². The molecule has 0 aliphatic carbocycles. The number of carboxylic acids is 2. The van der Waals surface area contributed by atoms with E-state index < -0.39 is 29.6 Å².